The topological polar surface area (TPSA) is 66.8 Å². The first-order valence-corrected chi connectivity index (χ1v) is 5.35. The van der Waals surface area contributed by atoms with E-state index in [0.717, 1.165) is 0 Å². The minimum absolute atomic E-state index is 0.292. The van der Waals surface area contributed by atoms with E-state index >= 15 is 0 Å². The molecule has 0 aliphatic carbocycles. The molecule has 4 heteroatoms. The Kier molecular flexibility index (Phi) is 5.39. The van der Waals surface area contributed by atoms with Crippen LogP contribution in [0.5, 0.6) is 0 Å². The summed E-state index contributed by atoms with van der Waals surface area (Å²) in [4.78, 5) is 11.7. The van der Waals surface area contributed by atoms with Crippen molar-refractivity contribution in [2.45, 2.75) is 18.6 Å². The molecular weight excluding hydrogens is 220 g/mol. The fourth-order valence-corrected chi connectivity index (χ4v) is 1.35. The van der Waals surface area contributed by atoms with Crippen molar-refractivity contribution >= 4 is 5.97 Å². The number of aliphatic hydroxyl groups excluding tert-OH is 2. The van der Waals surface area contributed by atoms with Gasteiger partial charge in [0.05, 0.1) is 12.2 Å². The molecule has 0 aliphatic rings. The molecule has 0 aliphatic heterocycles. The highest BCUT2D eigenvalue weighted by molar-refractivity contribution is 5.89. The molecule has 0 saturated carbocycles. The molecular formula is C13H16O4. The van der Waals surface area contributed by atoms with E-state index in [1.807, 2.05) is 0 Å². The van der Waals surface area contributed by atoms with Crippen LogP contribution in [0, 0.1) is 0 Å². The number of carbonyl (C=O) groups is 1. The van der Waals surface area contributed by atoms with E-state index in [0.29, 0.717) is 12.0 Å². The van der Waals surface area contributed by atoms with Crippen molar-refractivity contribution in [3.8, 4) is 0 Å². The van der Waals surface area contributed by atoms with Crippen LogP contribution in [0.15, 0.2) is 43.0 Å². The summed E-state index contributed by atoms with van der Waals surface area (Å²) in [5, 5.41) is 18.3. The Hall–Kier alpha value is -1.65. The molecule has 0 saturated heterocycles. The summed E-state index contributed by atoms with van der Waals surface area (Å²) in [5.74, 6) is -0.523. The molecule has 1 rings (SSSR count). The first-order valence-electron chi connectivity index (χ1n) is 5.35. The fraction of sp³-hybridized carbons (Fsp3) is 0.308. The summed E-state index contributed by atoms with van der Waals surface area (Å²) in [6.07, 6.45) is -0.0480. The standard InChI is InChI=1S/C13H16O4/c1-2-6-12(11(15)9-14)17-13(16)10-7-4-3-5-8-10/h2-5,7-8,11-12,14-15H,1,6,9H2/t11-,12+/m0/s1. The Bertz CT molecular complexity index is 361. The SMILES string of the molecule is C=CC[C@@H](OC(=O)c1ccccc1)[C@@H](O)CO. The van der Waals surface area contributed by atoms with E-state index < -0.39 is 24.8 Å². The molecule has 2 atom stereocenters. The first kappa shape index (κ1) is 13.4. The normalized spacial score (nSPS) is 13.8. The second-order valence-electron chi connectivity index (χ2n) is 3.58. The van der Waals surface area contributed by atoms with E-state index in [-0.39, 0.29) is 0 Å². The van der Waals surface area contributed by atoms with Crippen molar-refractivity contribution in [2.24, 2.45) is 0 Å². The molecule has 0 fully saturated rings. The highest BCUT2D eigenvalue weighted by Gasteiger charge is 2.22. The van der Waals surface area contributed by atoms with Gasteiger partial charge in [-0.15, -0.1) is 6.58 Å². The maximum Gasteiger partial charge on any atom is 0.338 e. The molecule has 0 radical (unpaired) electrons. The molecule has 4 nitrogen and oxygen atoms in total. The van der Waals surface area contributed by atoms with E-state index in [4.69, 9.17) is 9.84 Å². The van der Waals surface area contributed by atoms with E-state index in [9.17, 15) is 9.90 Å². The van der Waals surface area contributed by atoms with Gasteiger partial charge in [-0.3, -0.25) is 0 Å². The summed E-state index contributed by atoms with van der Waals surface area (Å²) in [7, 11) is 0. The number of hydrogen-bond acceptors (Lipinski definition) is 4. The zero-order valence-corrected chi connectivity index (χ0v) is 9.45. The smallest absolute Gasteiger partial charge is 0.338 e. The molecule has 92 valence electrons. The number of carbonyl (C=O) groups excluding carboxylic acids is 1. The Labute approximate surface area is 100 Å². The monoisotopic (exact) mass is 236 g/mol. The molecule has 2 N–H and O–H groups in total. The average Bonchev–Trinajstić information content (AvgIpc) is 2.38. The molecule has 0 aromatic heterocycles. The number of benzene rings is 1. The van der Waals surface area contributed by atoms with Gasteiger partial charge in [0.25, 0.3) is 0 Å². The number of ether oxygens (including phenoxy) is 1. The van der Waals surface area contributed by atoms with Gasteiger partial charge in [0.1, 0.15) is 12.2 Å². The van der Waals surface area contributed by atoms with Gasteiger partial charge in [-0.25, -0.2) is 4.79 Å². The molecule has 0 bridgehead atoms. The molecule has 17 heavy (non-hydrogen) atoms. The molecule has 0 unspecified atom stereocenters. The molecule has 0 amide bonds. The highest BCUT2D eigenvalue weighted by Crippen LogP contribution is 2.10. The molecule has 0 heterocycles. The van der Waals surface area contributed by atoms with Crippen LogP contribution in [0.2, 0.25) is 0 Å². The fourth-order valence-electron chi connectivity index (χ4n) is 1.35. The largest absolute Gasteiger partial charge is 0.456 e. The minimum atomic E-state index is -1.10. The van der Waals surface area contributed by atoms with Crippen LogP contribution in [-0.2, 0) is 4.74 Å². The van der Waals surface area contributed by atoms with Gasteiger partial charge in [-0.1, -0.05) is 24.3 Å². The second-order valence-corrected chi connectivity index (χ2v) is 3.58. The predicted molar refractivity (Wildman–Crippen MR) is 63.6 cm³/mol. The Morgan fingerprint density at radius 2 is 2.06 bits per heavy atom. The predicted octanol–water partition coefficient (Wildman–Crippen LogP) is 1.14. The molecule has 1 aromatic carbocycles. The zero-order chi connectivity index (χ0) is 12.7. The van der Waals surface area contributed by atoms with Gasteiger partial charge < -0.3 is 14.9 Å². The second kappa shape index (κ2) is 6.83. The van der Waals surface area contributed by atoms with Crippen molar-refractivity contribution in [2.75, 3.05) is 6.61 Å². The maximum atomic E-state index is 11.7. The lowest BCUT2D eigenvalue weighted by Crippen LogP contribution is -2.33. The lowest BCUT2D eigenvalue weighted by atomic mass is 10.1. The van der Waals surface area contributed by atoms with E-state index in [2.05, 4.69) is 6.58 Å². The third-order valence-electron chi connectivity index (χ3n) is 2.28. The van der Waals surface area contributed by atoms with Crippen LogP contribution in [0.25, 0.3) is 0 Å². The van der Waals surface area contributed by atoms with Crippen molar-refractivity contribution in [3.05, 3.63) is 48.6 Å². The third-order valence-corrected chi connectivity index (χ3v) is 2.28. The zero-order valence-electron chi connectivity index (χ0n) is 9.45. The first-order chi connectivity index (χ1) is 8.19. The van der Waals surface area contributed by atoms with E-state index in [1.165, 1.54) is 6.08 Å². The summed E-state index contributed by atoms with van der Waals surface area (Å²) in [5.41, 5.74) is 0.409. The average molecular weight is 236 g/mol. The lowest BCUT2D eigenvalue weighted by Gasteiger charge is -2.20. The van der Waals surface area contributed by atoms with Crippen molar-refractivity contribution in [1.82, 2.24) is 0 Å². The minimum Gasteiger partial charge on any atom is -0.456 e. The van der Waals surface area contributed by atoms with Crippen molar-refractivity contribution < 1.29 is 19.7 Å². The van der Waals surface area contributed by atoms with E-state index in [1.54, 1.807) is 30.3 Å². The van der Waals surface area contributed by atoms with Crippen LogP contribution in [-0.4, -0.2) is 35.0 Å². The van der Waals surface area contributed by atoms with Gasteiger partial charge in [-0.05, 0) is 12.1 Å². The molecule has 0 spiro atoms. The highest BCUT2D eigenvalue weighted by atomic mass is 16.6. The van der Waals surface area contributed by atoms with Gasteiger partial charge in [0, 0.05) is 6.42 Å². The number of rotatable bonds is 6. The van der Waals surface area contributed by atoms with Gasteiger partial charge >= 0.3 is 5.97 Å². The van der Waals surface area contributed by atoms with Gasteiger partial charge in [0.15, 0.2) is 0 Å². The van der Waals surface area contributed by atoms with Crippen LogP contribution >= 0.6 is 0 Å². The quantitative estimate of drug-likeness (QED) is 0.574. The van der Waals surface area contributed by atoms with Crippen LogP contribution in [0.4, 0.5) is 0 Å². The Balaban J connectivity index is 2.67. The summed E-state index contributed by atoms with van der Waals surface area (Å²) < 4.78 is 5.11. The number of esters is 1. The van der Waals surface area contributed by atoms with Gasteiger partial charge in [-0.2, -0.15) is 0 Å². The van der Waals surface area contributed by atoms with Gasteiger partial charge in [0.2, 0.25) is 0 Å². The molecule has 1 aromatic rings. The number of aliphatic hydroxyl groups is 2. The summed E-state index contributed by atoms with van der Waals surface area (Å²) >= 11 is 0. The Morgan fingerprint density at radius 3 is 2.59 bits per heavy atom. The van der Waals surface area contributed by atoms with Crippen molar-refractivity contribution in [3.63, 3.8) is 0 Å². The van der Waals surface area contributed by atoms with Crippen LogP contribution < -0.4 is 0 Å². The summed E-state index contributed by atoms with van der Waals surface area (Å²) in [6.45, 7) is 3.06. The third kappa shape index (κ3) is 4.01. The Morgan fingerprint density at radius 1 is 1.41 bits per heavy atom. The number of hydrogen-bond donors (Lipinski definition) is 2. The van der Waals surface area contributed by atoms with Crippen LogP contribution in [0.3, 0.4) is 0 Å². The maximum absolute atomic E-state index is 11.7. The lowest BCUT2D eigenvalue weighted by molar-refractivity contribution is -0.0355. The summed E-state index contributed by atoms with van der Waals surface area (Å²) in [6, 6.07) is 8.49. The van der Waals surface area contributed by atoms with Crippen molar-refractivity contribution in [1.29, 1.82) is 0 Å². The van der Waals surface area contributed by atoms with Crippen LogP contribution in [0.1, 0.15) is 16.8 Å².